The standard InChI is InChI=1S/C28H29IN2O7S/c1-6-8-19-23(27(34)38-7-2)24(17-14-16(35-3)9-10-20(17)36-4)31-26(33)22(39-28(31)30-19)13-15-11-18(29)25(32)21(12-15)37-5/h9-14,24,32H,6-8H2,1-5H3/b22-13-/t24-/m0/s1. The van der Waals surface area contributed by atoms with Gasteiger partial charge in [0.2, 0.25) is 0 Å². The number of fused-ring (bicyclic) bond motifs is 1. The number of hydrogen-bond donors (Lipinski definition) is 1. The first kappa shape index (κ1) is 28.7. The Balaban J connectivity index is 2.06. The van der Waals surface area contributed by atoms with Crippen molar-refractivity contribution in [1.29, 1.82) is 0 Å². The Morgan fingerprint density at radius 3 is 2.51 bits per heavy atom. The Bertz CT molecular complexity index is 1620. The van der Waals surface area contributed by atoms with Crippen molar-refractivity contribution in [3.63, 3.8) is 0 Å². The number of phenols is 1. The van der Waals surface area contributed by atoms with Gasteiger partial charge in [0, 0.05) is 5.56 Å². The lowest BCUT2D eigenvalue weighted by Crippen LogP contribution is -2.40. The van der Waals surface area contributed by atoms with Crippen molar-refractivity contribution < 1.29 is 28.8 Å². The molecule has 0 bridgehead atoms. The predicted molar refractivity (Wildman–Crippen MR) is 157 cm³/mol. The van der Waals surface area contributed by atoms with Crippen LogP contribution in [0, 0.1) is 3.57 Å². The number of aromatic hydroxyl groups is 1. The molecule has 0 fully saturated rings. The van der Waals surface area contributed by atoms with Crippen molar-refractivity contribution >= 4 is 46.0 Å². The number of benzene rings is 2. The summed E-state index contributed by atoms with van der Waals surface area (Å²) in [5.74, 6) is 0.843. The summed E-state index contributed by atoms with van der Waals surface area (Å²) in [5, 5.41) is 10.2. The third-order valence-corrected chi connectivity index (χ3v) is 8.00. The number of methoxy groups -OCH3 is 3. The molecule has 4 rings (SSSR count). The predicted octanol–water partition coefficient (Wildman–Crippen LogP) is 3.91. The Morgan fingerprint density at radius 2 is 1.87 bits per heavy atom. The first-order valence-electron chi connectivity index (χ1n) is 12.3. The largest absolute Gasteiger partial charge is 0.504 e. The molecule has 2 aromatic carbocycles. The maximum Gasteiger partial charge on any atom is 0.338 e. The third kappa shape index (κ3) is 5.55. The van der Waals surface area contributed by atoms with E-state index in [0.29, 0.717) is 59.0 Å². The molecule has 0 amide bonds. The van der Waals surface area contributed by atoms with E-state index >= 15 is 0 Å². The topological polar surface area (TPSA) is 109 Å². The minimum absolute atomic E-state index is 0.0325. The van der Waals surface area contributed by atoms with Crippen LogP contribution in [0.15, 0.2) is 51.4 Å². The summed E-state index contributed by atoms with van der Waals surface area (Å²) in [7, 11) is 4.56. The maximum atomic E-state index is 14.0. The number of nitrogens with zero attached hydrogens (tertiary/aromatic N) is 2. The van der Waals surface area contributed by atoms with Crippen LogP contribution in [-0.2, 0) is 9.53 Å². The SMILES string of the molecule is CCCC1=C(C(=O)OCC)[C@H](c2cc(OC)ccc2OC)n2c(s/c(=C\c3cc(I)c(O)c(OC)c3)c2=O)=N1. The van der Waals surface area contributed by atoms with Gasteiger partial charge in [-0.2, -0.15) is 0 Å². The fourth-order valence-corrected chi connectivity index (χ4v) is 6.10. The van der Waals surface area contributed by atoms with Crippen LogP contribution in [-0.4, -0.2) is 43.6 Å². The summed E-state index contributed by atoms with van der Waals surface area (Å²) in [5.41, 5.74) is 1.79. The van der Waals surface area contributed by atoms with Crippen LogP contribution in [0.2, 0.25) is 0 Å². The van der Waals surface area contributed by atoms with Crippen LogP contribution in [0.1, 0.15) is 43.9 Å². The highest BCUT2D eigenvalue weighted by Gasteiger charge is 2.36. The molecule has 2 heterocycles. The van der Waals surface area contributed by atoms with Gasteiger partial charge in [0.1, 0.15) is 17.5 Å². The van der Waals surface area contributed by atoms with Crippen molar-refractivity contribution in [3.05, 3.63) is 76.0 Å². The van der Waals surface area contributed by atoms with Crippen molar-refractivity contribution in [2.45, 2.75) is 32.7 Å². The Hall–Kier alpha value is -3.32. The van der Waals surface area contributed by atoms with Crippen LogP contribution >= 0.6 is 33.9 Å². The zero-order valence-electron chi connectivity index (χ0n) is 22.2. The molecule has 0 spiro atoms. The molecular weight excluding hydrogens is 635 g/mol. The van der Waals surface area contributed by atoms with Gasteiger partial charge in [-0.15, -0.1) is 0 Å². The second kappa shape index (κ2) is 12.2. The number of carbonyl (C=O) groups is 1. The fraction of sp³-hybridized carbons (Fsp3) is 0.321. The summed E-state index contributed by atoms with van der Waals surface area (Å²) in [4.78, 5) is 32.7. The quantitative estimate of drug-likeness (QED) is 0.273. The monoisotopic (exact) mass is 664 g/mol. The third-order valence-electron chi connectivity index (χ3n) is 6.19. The number of allylic oxidation sites excluding steroid dienone is 1. The van der Waals surface area contributed by atoms with E-state index in [-0.39, 0.29) is 17.9 Å². The molecule has 206 valence electrons. The zero-order chi connectivity index (χ0) is 28.3. The molecule has 39 heavy (non-hydrogen) atoms. The van der Waals surface area contributed by atoms with E-state index in [1.54, 1.807) is 50.4 Å². The molecule has 3 aromatic rings. The van der Waals surface area contributed by atoms with E-state index in [2.05, 4.69) is 0 Å². The van der Waals surface area contributed by atoms with E-state index in [1.807, 2.05) is 29.5 Å². The van der Waals surface area contributed by atoms with Gasteiger partial charge in [0.25, 0.3) is 5.56 Å². The van der Waals surface area contributed by atoms with Crippen molar-refractivity contribution in [3.8, 4) is 23.0 Å². The average molecular weight is 665 g/mol. The van der Waals surface area contributed by atoms with Gasteiger partial charge in [-0.1, -0.05) is 24.7 Å². The maximum absolute atomic E-state index is 14.0. The number of thiazole rings is 1. The smallest absolute Gasteiger partial charge is 0.338 e. The van der Waals surface area contributed by atoms with Crippen LogP contribution in [0.4, 0.5) is 0 Å². The Kier molecular flexibility index (Phi) is 9.01. The molecule has 0 aliphatic carbocycles. The Labute approximate surface area is 243 Å². The van der Waals surface area contributed by atoms with Gasteiger partial charge in [-0.3, -0.25) is 9.36 Å². The van der Waals surface area contributed by atoms with Crippen molar-refractivity contribution in [1.82, 2.24) is 4.57 Å². The van der Waals surface area contributed by atoms with Gasteiger partial charge in [-0.05, 0) is 77.9 Å². The van der Waals surface area contributed by atoms with Crippen molar-refractivity contribution in [2.24, 2.45) is 4.99 Å². The second-order valence-corrected chi connectivity index (χ2v) is 10.7. The summed E-state index contributed by atoms with van der Waals surface area (Å²) < 4.78 is 24.4. The number of carbonyl (C=O) groups excluding carboxylic acids is 1. The van der Waals surface area contributed by atoms with Gasteiger partial charge in [-0.25, -0.2) is 9.79 Å². The summed E-state index contributed by atoms with van der Waals surface area (Å²) in [6.07, 6.45) is 2.99. The van der Waals surface area contributed by atoms with Gasteiger partial charge in [0.05, 0.1) is 47.3 Å². The molecule has 11 heteroatoms. The summed E-state index contributed by atoms with van der Waals surface area (Å²) in [6.45, 7) is 3.92. The van der Waals surface area contributed by atoms with Crippen molar-refractivity contribution in [2.75, 3.05) is 27.9 Å². The first-order valence-corrected chi connectivity index (χ1v) is 14.2. The number of rotatable bonds is 9. The number of ether oxygens (including phenoxy) is 4. The van der Waals surface area contributed by atoms with E-state index in [9.17, 15) is 14.7 Å². The molecular formula is C28H29IN2O7S. The number of aromatic nitrogens is 1. The normalized spacial score (nSPS) is 15.0. The lowest BCUT2D eigenvalue weighted by molar-refractivity contribution is -0.139. The van der Waals surface area contributed by atoms with Gasteiger partial charge >= 0.3 is 5.97 Å². The number of hydrogen-bond acceptors (Lipinski definition) is 9. The molecule has 1 aliphatic heterocycles. The molecule has 1 aromatic heterocycles. The molecule has 1 aliphatic rings. The number of esters is 1. The highest BCUT2D eigenvalue weighted by molar-refractivity contribution is 14.1. The molecule has 0 saturated heterocycles. The number of phenolic OH excluding ortho intramolecular Hbond substituents is 1. The summed E-state index contributed by atoms with van der Waals surface area (Å²) >= 11 is 3.23. The lowest BCUT2D eigenvalue weighted by Gasteiger charge is -2.27. The van der Waals surface area contributed by atoms with E-state index in [1.165, 1.54) is 30.1 Å². The highest BCUT2D eigenvalue weighted by atomic mass is 127. The molecule has 1 atom stereocenters. The number of halogens is 1. The van der Waals surface area contributed by atoms with Crippen LogP contribution in [0.5, 0.6) is 23.0 Å². The Morgan fingerprint density at radius 1 is 1.13 bits per heavy atom. The lowest BCUT2D eigenvalue weighted by atomic mass is 9.93. The van der Waals surface area contributed by atoms with E-state index in [4.69, 9.17) is 23.9 Å². The first-order chi connectivity index (χ1) is 18.8. The molecule has 1 N–H and O–H groups in total. The fourth-order valence-electron chi connectivity index (χ4n) is 4.45. The van der Waals surface area contributed by atoms with Crippen LogP contribution in [0.3, 0.4) is 0 Å². The molecule has 0 radical (unpaired) electrons. The molecule has 9 nitrogen and oxygen atoms in total. The van der Waals surface area contributed by atoms with E-state index < -0.39 is 12.0 Å². The zero-order valence-corrected chi connectivity index (χ0v) is 25.2. The van der Waals surface area contributed by atoms with Gasteiger partial charge in [0.15, 0.2) is 16.3 Å². The molecule has 0 unspecified atom stereocenters. The average Bonchev–Trinajstić information content (AvgIpc) is 3.23. The highest BCUT2D eigenvalue weighted by Crippen LogP contribution is 2.39. The summed E-state index contributed by atoms with van der Waals surface area (Å²) in [6, 6.07) is 7.84. The minimum Gasteiger partial charge on any atom is -0.504 e. The van der Waals surface area contributed by atoms with Crippen LogP contribution in [0.25, 0.3) is 6.08 Å². The minimum atomic E-state index is -0.844. The molecule has 0 saturated carbocycles. The second-order valence-electron chi connectivity index (χ2n) is 8.58. The van der Waals surface area contributed by atoms with Gasteiger partial charge < -0.3 is 24.1 Å². The van der Waals surface area contributed by atoms with E-state index in [0.717, 1.165) is 6.42 Å². The van der Waals surface area contributed by atoms with Crippen LogP contribution < -0.4 is 29.1 Å².